The van der Waals surface area contributed by atoms with Gasteiger partial charge in [0.15, 0.2) is 0 Å². The highest BCUT2D eigenvalue weighted by Crippen LogP contribution is 2.36. The summed E-state index contributed by atoms with van der Waals surface area (Å²) in [5.74, 6) is -1.07. The highest BCUT2D eigenvalue weighted by Gasteiger charge is 2.35. The lowest BCUT2D eigenvalue weighted by atomic mass is 9.87. The van der Waals surface area contributed by atoms with Gasteiger partial charge in [-0.25, -0.2) is 14.6 Å². The van der Waals surface area contributed by atoms with Crippen molar-refractivity contribution in [2.75, 3.05) is 14.2 Å². The van der Waals surface area contributed by atoms with E-state index in [0.29, 0.717) is 28.0 Å². The minimum atomic E-state index is -0.558. The van der Waals surface area contributed by atoms with E-state index < -0.39 is 18.0 Å². The zero-order valence-corrected chi connectivity index (χ0v) is 14.0. The Balaban J connectivity index is 2.64. The van der Waals surface area contributed by atoms with Crippen LogP contribution in [-0.2, 0) is 19.1 Å². The van der Waals surface area contributed by atoms with E-state index in [0.717, 1.165) is 0 Å². The second-order valence-corrected chi connectivity index (χ2v) is 5.34. The summed E-state index contributed by atoms with van der Waals surface area (Å²) < 4.78 is 9.67. The van der Waals surface area contributed by atoms with E-state index in [2.05, 4.69) is 10.3 Å². The summed E-state index contributed by atoms with van der Waals surface area (Å²) >= 11 is 6.16. The molecule has 23 heavy (non-hydrogen) atoms. The number of hydrogen-bond acceptors (Lipinski definition) is 6. The zero-order valence-electron chi connectivity index (χ0n) is 13.3. The molecule has 2 heterocycles. The maximum Gasteiger partial charge on any atom is 0.339 e. The number of dihydropyridines is 1. The van der Waals surface area contributed by atoms with Crippen molar-refractivity contribution in [2.45, 2.75) is 19.9 Å². The second-order valence-electron chi connectivity index (χ2n) is 4.98. The maximum absolute atomic E-state index is 12.3. The lowest BCUT2D eigenvalue weighted by Gasteiger charge is -2.30. The van der Waals surface area contributed by atoms with E-state index in [1.807, 2.05) is 0 Å². The molecule has 0 saturated carbocycles. The number of hydrogen-bond donors (Lipinski definition) is 1. The molecule has 0 aliphatic carbocycles. The average molecular weight is 337 g/mol. The van der Waals surface area contributed by atoms with Gasteiger partial charge in [-0.1, -0.05) is 17.7 Å². The van der Waals surface area contributed by atoms with Crippen molar-refractivity contribution in [3.05, 3.63) is 51.5 Å². The number of esters is 2. The van der Waals surface area contributed by atoms with E-state index >= 15 is 0 Å². The molecule has 6 nitrogen and oxygen atoms in total. The van der Waals surface area contributed by atoms with Gasteiger partial charge in [0, 0.05) is 17.5 Å². The Labute approximate surface area is 139 Å². The summed E-state index contributed by atoms with van der Waals surface area (Å²) in [7, 11) is 2.57. The predicted molar refractivity (Wildman–Crippen MR) is 84.6 cm³/mol. The number of nitrogens with zero attached hydrogens (tertiary/aromatic N) is 1. The van der Waals surface area contributed by atoms with Crippen molar-refractivity contribution in [3.63, 3.8) is 0 Å². The molecule has 1 aliphatic rings. The van der Waals surface area contributed by atoms with Crippen molar-refractivity contribution < 1.29 is 19.1 Å². The van der Waals surface area contributed by atoms with Gasteiger partial charge >= 0.3 is 11.9 Å². The highest BCUT2D eigenvalue weighted by molar-refractivity contribution is 6.30. The first-order valence-electron chi connectivity index (χ1n) is 6.88. The standard InChI is InChI=1S/C16H17ClN2O4/c1-8-11(15(20)22-3)9(2)19-13(12(8)16(21)23-4)10-6-5-7-18-14(10)17/h5-7,13,19H,1-4H3. The fourth-order valence-corrected chi connectivity index (χ4v) is 2.86. The first kappa shape index (κ1) is 17.0. The van der Waals surface area contributed by atoms with Crippen LogP contribution < -0.4 is 5.32 Å². The van der Waals surface area contributed by atoms with Gasteiger partial charge in [0.1, 0.15) is 5.15 Å². The minimum absolute atomic E-state index is 0.272. The third kappa shape index (κ3) is 3.07. The fourth-order valence-electron chi connectivity index (χ4n) is 2.63. The Morgan fingerprint density at radius 3 is 2.43 bits per heavy atom. The van der Waals surface area contributed by atoms with Crippen molar-refractivity contribution in [1.29, 1.82) is 0 Å². The molecule has 7 heteroatoms. The van der Waals surface area contributed by atoms with Crippen molar-refractivity contribution in [3.8, 4) is 0 Å². The van der Waals surface area contributed by atoms with Gasteiger partial charge in [-0.15, -0.1) is 0 Å². The third-order valence-corrected chi connectivity index (χ3v) is 4.01. The largest absolute Gasteiger partial charge is 0.466 e. The number of aromatic nitrogens is 1. The van der Waals surface area contributed by atoms with E-state index in [9.17, 15) is 9.59 Å². The second kappa shape index (κ2) is 6.83. The molecule has 1 N–H and O–H groups in total. The lowest BCUT2D eigenvalue weighted by Crippen LogP contribution is -2.33. The van der Waals surface area contributed by atoms with E-state index in [1.165, 1.54) is 14.2 Å². The minimum Gasteiger partial charge on any atom is -0.466 e. The van der Waals surface area contributed by atoms with E-state index in [4.69, 9.17) is 21.1 Å². The van der Waals surface area contributed by atoms with Gasteiger partial charge < -0.3 is 14.8 Å². The normalized spacial score (nSPS) is 17.7. The quantitative estimate of drug-likeness (QED) is 0.674. The van der Waals surface area contributed by atoms with Crippen LogP contribution in [0.3, 0.4) is 0 Å². The number of pyridine rings is 1. The van der Waals surface area contributed by atoms with Crippen LogP contribution in [0.25, 0.3) is 0 Å². The smallest absolute Gasteiger partial charge is 0.339 e. The van der Waals surface area contributed by atoms with E-state index in [1.54, 1.807) is 32.2 Å². The summed E-state index contributed by atoms with van der Waals surface area (Å²) in [6, 6.07) is 2.93. The number of carbonyl (C=O) groups excluding carboxylic acids is 2. The van der Waals surface area contributed by atoms with Gasteiger partial charge in [-0.3, -0.25) is 0 Å². The Kier molecular flexibility index (Phi) is 5.05. The highest BCUT2D eigenvalue weighted by atomic mass is 35.5. The van der Waals surface area contributed by atoms with Crippen molar-refractivity contribution in [1.82, 2.24) is 10.3 Å². The number of methoxy groups -OCH3 is 2. The van der Waals surface area contributed by atoms with Crippen LogP contribution in [0, 0.1) is 0 Å². The molecule has 0 radical (unpaired) electrons. The number of halogens is 1. The molecule has 1 unspecified atom stereocenters. The Morgan fingerprint density at radius 1 is 1.22 bits per heavy atom. The van der Waals surface area contributed by atoms with Gasteiger partial charge in [-0.2, -0.15) is 0 Å². The number of ether oxygens (including phenoxy) is 2. The monoisotopic (exact) mass is 336 g/mol. The average Bonchev–Trinajstić information content (AvgIpc) is 2.53. The van der Waals surface area contributed by atoms with Crippen LogP contribution in [0.15, 0.2) is 40.7 Å². The number of carbonyl (C=O) groups is 2. The maximum atomic E-state index is 12.3. The predicted octanol–water partition coefficient (Wildman–Crippen LogP) is 2.32. The molecule has 1 atom stereocenters. The molecule has 0 amide bonds. The Bertz CT molecular complexity index is 725. The summed E-state index contributed by atoms with van der Waals surface area (Å²) in [5, 5.41) is 3.40. The van der Waals surface area contributed by atoms with Crippen LogP contribution in [0.2, 0.25) is 5.15 Å². The molecule has 122 valence electrons. The molecule has 1 aromatic heterocycles. The van der Waals surface area contributed by atoms with Crippen LogP contribution in [-0.4, -0.2) is 31.1 Å². The molecular formula is C16H17ClN2O4. The lowest BCUT2D eigenvalue weighted by molar-refractivity contribution is -0.136. The molecule has 0 spiro atoms. The van der Waals surface area contributed by atoms with E-state index in [-0.39, 0.29) is 5.15 Å². The van der Waals surface area contributed by atoms with Gasteiger partial charge in [0.25, 0.3) is 0 Å². The van der Waals surface area contributed by atoms with Crippen LogP contribution in [0.5, 0.6) is 0 Å². The van der Waals surface area contributed by atoms with Crippen molar-refractivity contribution >= 4 is 23.5 Å². The summed E-state index contributed by atoms with van der Waals surface area (Å²) in [4.78, 5) is 28.3. The molecule has 1 aliphatic heterocycles. The van der Waals surface area contributed by atoms with Gasteiger partial charge in [0.2, 0.25) is 0 Å². The third-order valence-electron chi connectivity index (χ3n) is 3.70. The Morgan fingerprint density at radius 2 is 1.87 bits per heavy atom. The first-order chi connectivity index (χ1) is 10.9. The Hall–Kier alpha value is -2.34. The fraction of sp³-hybridized carbons (Fsp3) is 0.312. The zero-order chi connectivity index (χ0) is 17.1. The van der Waals surface area contributed by atoms with Crippen LogP contribution in [0.4, 0.5) is 0 Å². The molecule has 0 fully saturated rings. The first-order valence-corrected chi connectivity index (χ1v) is 7.25. The van der Waals surface area contributed by atoms with Crippen LogP contribution >= 0.6 is 11.6 Å². The number of rotatable bonds is 3. The molecule has 0 saturated heterocycles. The topological polar surface area (TPSA) is 77.5 Å². The number of nitrogens with one attached hydrogen (secondary N) is 1. The molecule has 1 aromatic rings. The molecule has 0 aromatic carbocycles. The number of allylic oxidation sites excluding steroid dienone is 1. The van der Waals surface area contributed by atoms with Crippen LogP contribution in [0.1, 0.15) is 25.5 Å². The summed E-state index contributed by atoms with van der Waals surface area (Å²) in [6.07, 6.45) is 1.56. The van der Waals surface area contributed by atoms with Crippen molar-refractivity contribution in [2.24, 2.45) is 0 Å². The van der Waals surface area contributed by atoms with Gasteiger partial charge in [0.05, 0.1) is 31.4 Å². The SMILES string of the molecule is COC(=O)C1=C(C)NC(c2cccnc2Cl)C(C(=O)OC)=C1C. The summed E-state index contributed by atoms with van der Waals surface area (Å²) in [5.41, 5.74) is 2.31. The molecular weight excluding hydrogens is 320 g/mol. The van der Waals surface area contributed by atoms with Gasteiger partial charge in [-0.05, 0) is 25.5 Å². The summed E-state index contributed by atoms with van der Waals surface area (Å²) in [6.45, 7) is 3.42. The molecule has 0 bridgehead atoms. The molecule has 2 rings (SSSR count).